The summed E-state index contributed by atoms with van der Waals surface area (Å²) in [6.45, 7) is 0. The van der Waals surface area contributed by atoms with Gasteiger partial charge in [-0.2, -0.15) is 0 Å². The predicted octanol–water partition coefficient (Wildman–Crippen LogP) is -1.68. The van der Waals surface area contributed by atoms with Crippen LogP contribution in [0.5, 0.6) is 0 Å². The standard InChI is InChI=1S/C14H22N2O8.Th/c15-14(16)3-1-2-12(4-8(17)18,5-9(19)20)13(14,6-10(21)22)7-11(23)24;/h1-7,15-16H2,(H,17,18)(H,19,20)(H,21,22)(H,23,24);/p-1. The summed E-state index contributed by atoms with van der Waals surface area (Å²) in [6, 6.07) is 0. The Kier molecular flexibility index (Phi) is 8.37. The van der Waals surface area contributed by atoms with Crippen LogP contribution >= 0.6 is 0 Å². The Hall–Kier alpha value is -0.875. The third-order valence-electron chi connectivity index (χ3n) is 5.03. The van der Waals surface area contributed by atoms with Crippen LogP contribution in [0.4, 0.5) is 0 Å². The Balaban J connectivity index is 0.00000576. The molecule has 11 heteroatoms. The second-order valence-corrected chi connectivity index (χ2v) is 6.52. The van der Waals surface area contributed by atoms with Crippen LogP contribution in [0.2, 0.25) is 0 Å². The fraction of sp³-hybridized carbons (Fsp3) is 0.714. The number of hydrogen-bond acceptors (Lipinski definition) is 7. The van der Waals surface area contributed by atoms with Crippen molar-refractivity contribution in [3.8, 4) is 0 Å². The summed E-state index contributed by atoms with van der Waals surface area (Å²) in [4.78, 5) is 45.4. The van der Waals surface area contributed by atoms with Crippen LogP contribution < -0.4 is 16.6 Å². The maximum Gasteiger partial charge on any atom is 0.304 e. The van der Waals surface area contributed by atoms with Gasteiger partial charge < -0.3 is 36.7 Å². The first-order valence-electron chi connectivity index (χ1n) is 7.30. The fourth-order valence-corrected chi connectivity index (χ4v) is 4.12. The van der Waals surface area contributed by atoms with Gasteiger partial charge >= 0.3 is 17.9 Å². The van der Waals surface area contributed by atoms with E-state index < -0.39 is 66.1 Å². The van der Waals surface area contributed by atoms with E-state index in [-0.39, 0.29) is 59.2 Å². The first kappa shape index (κ1) is 24.1. The molecule has 0 spiro atoms. The van der Waals surface area contributed by atoms with Crippen molar-refractivity contribution in [2.45, 2.75) is 50.6 Å². The Morgan fingerprint density at radius 2 is 1.28 bits per heavy atom. The summed E-state index contributed by atoms with van der Waals surface area (Å²) < 4.78 is 0. The molecule has 0 saturated heterocycles. The van der Waals surface area contributed by atoms with E-state index in [1.54, 1.807) is 0 Å². The number of nitrogens with two attached hydrogens (primary N) is 2. The molecule has 1 rings (SSSR count). The van der Waals surface area contributed by atoms with Gasteiger partial charge in [0.25, 0.3) is 0 Å². The maximum atomic E-state index is 11.4. The van der Waals surface area contributed by atoms with E-state index >= 15 is 0 Å². The monoisotopic (exact) mass is 577 g/mol. The molecule has 0 heterocycles. The van der Waals surface area contributed by atoms with Crippen molar-refractivity contribution in [2.75, 3.05) is 0 Å². The van der Waals surface area contributed by atoms with Gasteiger partial charge in [-0.15, -0.1) is 0 Å². The maximum absolute atomic E-state index is 11.4. The number of carbonyl (C=O) groups is 4. The minimum atomic E-state index is -1.97. The molecule has 0 aliphatic heterocycles. The first-order chi connectivity index (χ1) is 10.9. The largest absolute Gasteiger partial charge is 0.550 e. The van der Waals surface area contributed by atoms with Gasteiger partial charge in [0.05, 0.1) is 24.9 Å². The minimum absolute atomic E-state index is 0. The molecule has 1 atom stereocenters. The van der Waals surface area contributed by atoms with Crippen LogP contribution in [0.1, 0.15) is 44.9 Å². The molecule has 1 saturated carbocycles. The zero-order chi connectivity index (χ0) is 18.8. The molecule has 1 unspecified atom stereocenters. The molecule has 1 fully saturated rings. The van der Waals surface area contributed by atoms with Gasteiger partial charge in [-0.1, -0.05) is 0 Å². The molecule has 0 aromatic rings. The van der Waals surface area contributed by atoms with E-state index in [0.717, 1.165) is 0 Å². The van der Waals surface area contributed by atoms with Gasteiger partial charge in [0.15, 0.2) is 0 Å². The molecule has 1 aliphatic rings. The molecule has 1 aliphatic carbocycles. The van der Waals surface area contributed by atoms with Crippen molar-refractivity contribution in [3.05, 3.63) is 0 Å². The normalized spacial score (nSPS) is 23.9. The van der Waals surface area contributed by atoms with Crippen LogP contribution in [0.15, 0.2) is 0 Å². The topological polar surface area (TPSA) is 204 Å². The van der Waals surface area contributed by atoms with Crippen molar-refractivity contribution in [3.63, 3.8) is 0 Å². The summed E-state index contributed by atoms with van der Waals surface area (Å²) in [5.74, 6) is -5.89. The van der Waals surface area contributed by atoms with E-state index in [0.29, 0.717) is 0 Å². The number of hydrogen-bond donors (Lipinski definition) is 5. The van der Waals surface area contributed by atoms with Gasteiger partial charge in [0.2, 0.25) is 0 Å². The van der Waals surface area contributed by atoms with Crippen molar-refractivity contribution in [1.82, 2.24) is 0 Å². The summed E-state index contributed by atoms with van der Waals surface area (Å²) in [6.07, 6.45) is -3.04. The van der Waals surface area contributed by atoms with Gasteiger partial charge in [-0.05, 0) is 25.7 Å². The van der Waals surface area contributed by atoms with Crippen LogP contribution in [-0.2, 0) is 19.2 Å². The van der Waals surface area contributed by atoms with Crippen molar-refractivity contribution in [1.29, 1.82) is 0 Å². The van der Waals surface area contributed by atoms with E-state index in [1.165, 1.54) is 0 Å². The van der Waals surface area contributed by atoms with Gasteiger partial charge in [0, 0.05) is 56.7 Å². The molecule has 0 radical (unpaired) electrons. The molecule has 10 nitrogen and oxygen atoms in total. The van der Waals surface area contributed by atoms with E-state index in [2.05, 4.69) is 0 Å². The number of aliphatic carboxylic acids is 4. The molecule has 7 N–H and O–H groups in total. The van der Waals surface area contributed by atoms with Gasteiger partial charge in [-0.25, -0.2) is 0 Å². The minimum Gasteiger partial charge on any atom is -0.550 e. The Morgan fingerprint density at radius 1 is 0.840 bits per heavy atom. The van der Waals surface area contributed by atoms with Crippen molar-refractivity contribution in [2.24, 2.45) is 22.3 Å². The zero-order valence-corrected chi connectivity index (χ0v) is 17.6. The number of rotatable bonds is 8. The zero-order valence-electron chi connectivity index (χ0n) is 13.5. The van der Waals surface area contributed by atoms with E-state index in [9.17, 15) is 39.6 Å². The smallest absolute Gasteiger partial charge is 0.304 e. The average Bonchev–Trinajstić information content (AvgIpc) is 2.32. The third kappa shape index (κ3) is 5.07. The molecule has 140 valence electrons. The van der Waals surface area contributed by atoms with Crippen molar-refractivity contribution >= 4 is 23.9 Å². The summed E-state index contributed by atoms with van der Waals surface area (Å²) in [7, 11) is 0. The Bertz CT molecular complexity index is 531. The number of carboxylic acid groups (broad SMARTS) is 4. The van der Waals surface area contributed by atoms with Gasteiger partial charge in [-0.3, -0.25) is 14.4 Å². The Labute approximate surface area is 175 Å². The van der Waals surface area contributed by atoms with E-state index in [1.807, 2.05) is 0 Å². The second kappa shape index (κ2) is 8.67. The summed E-state index contributed by atoms with van der Waals surface area (Å²) in [5, 5.41) is 39.0. The second-order valence-electron chi connectivity index (χ2n) is 6.52. The number of carboxylic acids is 4. The summed E-state index contributed by atoms with van der Waals surface area (Å²) in [5.41, 5.74) is 6.48. The summed E-state index contributed by atoms with van der Waals surface area (Å²) >= 11 is 0. The average molecular weight is 577 g/mol. The van der Waals surface area contributed by atoms with E-state index in [4.69, 9.17) is 11.5 Å². The molecule has 0 aromatic heterocycles. The fourth-order valence-electron chi connectivity index (χ4n) is 4.12. The van der Waals surface area contributed by atoms with Crippen LogP contribution in [0.3, 0.4) is 0 Å². The molecule has 0 amide bonds. The molecule has 0 aromatic carbocycles. The first-order valence-corrected chi connectivity index (χ1v) is 7.30. The SMILES string of the molecule is NC1(N)CCCC(CC(=O)O)(CC(=O)O)C1(CC(=O)[O-])CC(=O)O.[Th]. The van der Waals surface area contributed by atoms with Crippen LogP contribution in [0, 0.1) is 50.8 Å². The molecule has 0 bridgehead atoms. The van der Waals surface area contributed by atoms with Crippen LogP contribution in [0.25, 0.3) is 0 Å². The quantitative estimate of drug-likeness (QED) is 0.207. The van der Waals surface area contributed by atoms with Gasteiger partial charge in [0.1, 0.15) is 0 Å². The molecule has 25 heavy (non-hydrogen) atoms. The Morgan fingerprint density at radius 3 is 1.64 bits per heavy atom. The molecular formula is C14H21N2O8Th-. The number of carbonyl (C=O) groups excluding carboxylic acids is 1. The predicted molar refractivity (Wildman–Crippen MR) is 76.2 cm³/mol. The van der Waals surface area contributed by atoms with Crippen LogP contribution in [-0.4, -0.2) is 44.9 Å². The molecular weight excluding hydrogens is 556 g/mol. The van der Waals surface area contributed by atoms with Crippen molar-refractivity contribution < 1.29 is 79.5 Å². The third-order valence-corrected chi connectivity index (χ3v) is 5.03.